The second-order valence-corrected chi connectivity index (χ2v) is 11.3. The molecule has 208 valence electrons. The van der Waals surface area contributed by atoms with E-state index in [1.54, 1.807) is 11.7 Å². The molecule has 8 nitrogen and oxygen atoms in total. The molecule has 1 aliphatic carbocycles. The largest absolute Gasteiger partial charge is 0.417 e. The average molecular weight is 543 g/mol. The molecule has 39 heavy (non-hydrogen) atoms. The number of carbonyl (C=O) groups excluding carboxylic acids is 2. The molecular weight excluding hydrogens is 509 g/mol. The summed E-state index contributed by atoms with van der Waals surface area (Å²) in [4.78, 5) is 27.8. The lowest BCUT2D eigenvalue weighted by Crippen LogP contribution is -2.55. The molecule has 1 saturated carbocycles. The van der Waals surface area contributed by atoms with Crippen molar-refractivity contribution in [3.05, 3.63) is 59.0 Å². The van der Waals surface area contributed by atoms with Crippen molar-refractivity contribution in [3.8, 4) is 11.3 Å². The minimum Gasteiger partial charge on any atom is -0.348 e. The number of amides is 2. The predicted octanol–water partition coefficient (Wildman–Crippen LogP) is 4.84. The summed E-state index contributed by atoms with van der Waals surface area (Å²) in [5, 5.41) is 14.0. The third-order valence-corrected chi connectivity index (χ3v) is 7.90. The van der Waals surface area contributed by atoms with E-state index in [0.717, 1.165) is 43.9 Å². The van der Waals surface area contributed by atoms with E-state index in [1.165, 1.54) is 24.3 Å². The number of alkyl halides is 3. The number of aromatic amines is 1. The van der Waals surface area contributed by atoms with Crippen LogP contribution in [0.1, 0.15) is 71.8 Å². The van der Waals surface area contributed by atoms with Crippen molar-refractivity contribution in [2.24, 2.45) is 18.4 Å². The Morgan fingerprint density at radius 3 is 2.51 bits per heavy atom. The number of hydrogen-bond acceptors (Lipinski definition) is 4. The Morgan fingerprint density at radius 2 is 1.85 bits per heavy atom. The Labute approximate surface area is 225 Å². The number of H-pyrrole nitrogens is 1. The summed E-state index contributed by atoms with van der Waals surface area (Å²) >= 11 is 0. The normalized spacial score (nSPS) is 17.5. The zero-order valence-electron chi connectivity index (χ0n) is 22.3. The number of likely N-dealkylation sites (tertiary alicyclic amines) is 1. The molecule has 0 bridgehead atoms. The molecule has 2 aliphatic rings. The number of carbonyl (C=O) groups is 2. The van der Waals surface area contributed by atoms with Gasteiger partial charge in [-0.1, -0.05) is 32.0 Å². The lowest BCUT2D eigenvalue weighted by Gasteiger charge is -2.52. The van der Waals surface area contributed by atoms with Gasteiger partial charge >= 0.3 is 6.18 Å². The quantitative estimate of drug-likeness (QED) is 0.466. The van der Waals surface area contributed by atoms with Gasteiger partial charge in [-0.2, -0.15) is 23.4 Å². The van der Waals surface area contributed by atoms with Gasteiger partial charge in [0.2, 0.25) is 0 Å². The lowest BCUT2D eigenvalue weighted by atomic mass is 9.60. The summed E-state index contributed by atoms with van der Waals surface area (Å²) < 4.78 is 41.8. The Balaban J connectivity index is 1.14. The van der Waals surface area contributed by atoms with Crippen LogP contribution in [0.5, 0.6) is 0 Å². The third kappa shape index (κ3) is 5.58. The van der Waals surface area contributed by atoms with Crippen LogP contribution in [0.4, 0.5) is 13.2 Å². The summed E-state index contributed by atoms with van der Waals surface area (Å²) in [5.41, 5.74) is 0.943. The van der Waals surface area contributed by atoms with Gasteiger partial charge in [-0.15, -0.1) is 0 Å². The minimum absolute atomic E-state index is 0.00109. The number of halogens is 3. The van der Waals surface area contributed by atoms with Crippen LogP contribution in [0.2, 0.25) is 0 Å². The van der Waals surface area contributed by atoms with Crippen LogP contribution >= 0.6 is 0 Å². The van der Waals surface area contributed by atoms with Crippen LogP contribution in [0.3, 0.4) is 0 Å². The van der Waals surface area contributed by atoms with Crippen LogP contribution in [-0.4, -0.2) is 55.8 Å². The SMILES string of the molecule is CC(C)Cc1cc(C(=O)N2CCC3(CC2)CC(NC(=O)c2cc(-c4ccccc4C(F)(F)F)n[nH]2)C3)n(C)n1. The number of rotatable bonds is 6. The number of aromatic nitrogens is 4. The molecule has 2 aromatic heterocycles. The molecule has 1 spiro atoms. The van der Waals surface area contributed by atoms with Gasteiger partial charge < -0.3 is 10.2 Å². The van der Waals surface area contributed by atoms with E-state index in [9.17, 15) is 22.8 Å². The first-order valence-electron chi connectivity index (χ1n) is 13.3. The Hall–Kier alpha value is -3.63. The molecule has 3 heterocycles. The molecule has 0 atom stereocenters. The first-order chi connectivity index (χ1) is 18.4. The summed E-state index contributed by atoms with van der Waals surface area (Å²) in [6, 6.07) is 8.39. The van der Waals surface area contributed by atoms with Gasteiger partial charge in [0.05, 0.1) is 17.0 Å². The standard InChI is InChI=1S/C28H33F3N6O2/c1-17(2)12-18-13-24(36(3)35-18)26(39)37-10-8-27(9-11-37)15-19(16-27)32-25(38)23-14-22(33-34-23)20-6-4-5-7-21(20)28(29,30)31/h4-7,13-14,17,19H,8-12,15-16H2,1-3H3,(H,32,38)(H,33,34). The number of hydrogen-bond donors (Lipinski definition) is 2. The number of piperidine rings is 1. The Kier molecular flexibility index (Phi) is 7.02. The topological polar surface area (TPSA) is 95.9 Å². The zero-order chi connectivity index (χ0) is 27.9. The van der Waals surface area contributed by atoms with Crippen LogP contribution in [0.15, 0.2) is 36.4 Å². The van der Waals surface area contributed by atoms with Crippen molar-refractivity contribution in [1.29, 1.82) is 0 Å². The van der Waals surface area contributed by atoms with E-state index in [0.29, 0.717) is 24.7 Å². The van der Waals surface area contributed by atoms with Gasteiger partial charge in [0.15, 0.2) is 0 Å². The summed E-state index contributed by atoms with van der Waals surface area (Å²) in [5.74, 6) is 0.0754. The van der Waals surface area contributed by atoms with Crippen LogP contribution in [0.25, 0.3) is 11.3 Å². The smallest absolute Gasteiger partial charge is 0.348 e. The molecule has 1 aromatic carbocycles. The maximum atomic E-state index is 13.4. The molecule has 5 rings (SSSR count). The highest BCUT2D eigenvalue weighted by Crippen LogP contribution is 2.49. The van der Waals surface area contributed by atoms with E-state index < -0.39 is 11.7 Å². The molecule has 2 amide bonds. The number of nitrogens with zero attached hydrogens (tertiary/aromatic N) is 4. The van der Waals surface area contributed by atoms with Gasteiger partial charge in [0, 0.05) is 31.7 Å². The van der Waals surface area contributed by atoms with Gasteiger partial charge in [-0.05, 0) is 61.6 Å². The zero-order valence-corrected chi connectivity index (χ0v) is 22.3. The van der Waals surface area contributed by atoms with E-state index >= 15 is 0 Å². The average Bonchev–Trinajstić information content (AvgIpc) is 3.49. The molecule has 1 saturated heterocycles. The second kappa shape index (κ2) is 10.2. The second-order valence-electron chi connectivity index (χ2n) is 11.3. The van der Waals surface area contributed by atoms with E-state index in [4.69, 9.17) is 0 Å². The van der Waals surface area contributed by atoms with Crippen molar-refractivity contribution in [2.45, 2.75) is 58.2 Å². The highest BCUT2D eigenvalue weighted by molar-refractivity contribution is 5.94. The van der Waals surface area contributed by atoms with Crippen molar-refractivity contribution >= 4 is 11.8 Å². The number of benzene rings is 1. The fraction of sp³-hybridized carbons (Fsp3) is 0.500. The van der Waals surface area contributed by atoms with Crippen molar-refractivity contribution in [1.82, 2.24) is 30.2 Å². The lowest BCUT2D eigenvalue weighted by molar-refractivity contribution is -0.137. The first-order valence-corrected chi connectivity index (χ1v) is 13.3. The minimum atomic E-state index is -4.52. The first kappa shape index (κ1) is 27.0. The van der Waals surface area contributed by atoms with Crippen LogP contribution < -0.4 is 5.32 Å². The monoisotopic (exact) mass is 542 g/mol. The maximum absolute atomic E-state index is 13.4. The van der Waals surface area contributed by atoms with E-state index in [-0.39, 0.29) is 40.2 Å². The fourth-order valence-corrected chi connectivity index (χ4v) is 5.88. The summed E-state index contributed by atoms with van der Waals surface area (Å²) in [6.45, 7) is 5.57. The van der Waals surface area contributed by atoms with Crippen molar-refractivity contribution in [2.75, 3.05) is 13.1 Å². The molecular formula is C28H33F3N6O2. The third-order valence-electron chi connectivity index (χ3n) is 7.90. The molecule has 3 aromatic rings. The van der Waals surface area contributed by atoms with Crippen LogP contribution in [0, 0.1) is 11.3 Å². The molecule has 1 aliphatic heterocycles. The highest BCUT2D eigenvalue weighted by Gasteiger charge is 2.47. The molecule has 0 unspecified atom stereocenters. The van der Waals surface area contributed by atoms with Gasteiger partial charge in [-0.3, -0.25) is 19.4 Å². The van der Waals surface area contributed by atoms with E-state index in [2.05, 4.69) is 34.5 Å². The summed E-state index contributed by atoms with van der Waals surface area (Å²) in [7, 11) is 1.80. The number of aryl methyl sites for hydroxylation is 1. The Morgan fingerprint density at radius 1 is 1.15 bits per heavy atom. The van der Waals surface area contributed by atoms with Crippen LogP contribution in [-0.2, 0) is 19.6 Å². The molecule has 2 N–H and O–H groups in total. The fourth-order valence-electron chi connectivity index (χ4n) is 5.88. The van der Waals surface area contributed by atoms with Crippen molar-refractivity contribution < 1.29 is 22.8 Å². The number of nitrogens with one attached hydrogen (secondary N) is 2. The van der Waals surface area contributed by atoms with Crippen molar-refractivity contribution in [3.63, 3.8) is 0 Å². The van der Waals surface area contributed by atoms with Gasteiger partial charge in [-0.25, -0.2) is 0 Å². The molecule has 11 heteroatoms. The molecule has 2 fully saturated rings. The predicted molar refractivity (Wildman–Crippen MR) is 139 cm³/mol. The highest BCUT2D eigenvalue weighted by atomic mass is 19.4. The Bertz CT molecular complexity index is 1360. The van der Waals surface area contributed by atoms with Gasteiger partial charge in [0.1, 0.15) is 11.4 Å². The molecule has 0 radical (unpaired) electrons. The maximum Gasteiger partial charge on any atom is 0.417 e. The summed E-state index contributed by atoms with van der Waals surface area (Å²) in [6.07, 6.45) is -0.342. The van der Waals surface area contributed by atoms with Gasteiger partial charge in [0.25, 0.3) is 11.8 Å². The van der Waals surface area contributed by atoms with E-state index in [1.807, 2.05) is 11.0 Å².